The quantitative estimate of drug-likeness (QED) is 0.795. The molecule has 0 saturated carbocycles. The lowest BCUT2D eigenvalue weighted by molar-refractivity contribution is -0.129. The Morgan fingerprint density at radius 1 is 1.04 bits per heavy atom. The second-order valence-electron chi connectivity index (χ2n) is 5.72. The first-order valence-electron chi connectivity index (χ1n) is 7.22. The monoisotopic (exact) mass is 311 g/mol. The molecule has 0 saturated heterocycles. The van der Waals surface area contributed by atoms with Crippen LogP contribution in [-0.4, -0.2) is 17.5 Å². The van der Waals surface area contributed by atoms with Gasteiger partial charge >= 0.3 is 6.03 Å². The van der Waals surface area contributed by atoms with Crippen molar-refractivity contribution >= 4 is 29.0 Å². The van der Waals surface area contributed by atoms with Crippen molar-refractivity contribution in [3.63, 3.8) is 0 Å². The maximum absolute atomic E-state index is 12.0. The minimum Gasteiger partial charge on any atom is -0.476 e. The van der Waals surface area contributed by atoms with Crippen molar-refractivity contribution in [1.29, 1.82) is 0 Å². The Balaban J connectivity index is 1.72. The van der Waals surface area contributed by atoms with E-state index in [2.05, 4.69) is 16.0 Å². The Labute approximate surface area is 133 Å². The number of fused-ring (bicyclic) bond motifs is 1. The van der Waals surface area contributed by atoms with Crippen LogP contribution in [0.15, 0.2) is 48.5 Å². The standard InChI is InChI=1S/C17H17N3O3/c1-17(2)15(21)20-13-10-12(8-9-14(13)23-17)19-16(22)18-11-6-4-3-5-7-11/h3-10H,1-2H3,(H,20,21)(H2,18,19,22). The molecule has 6 nitrogen and oxygen atoms in total. The Hall–Kier alpha value is -3.02. The number of para-hydroxylation sites is 1. The maximum atomic E-state index is 12.0. The number of hydrogen-bond acceptors (Lipinski definition) is 3. The highest BCUT2D eigenvalue weighted by Crippen LogP contribution is 2.35. The van der Waals surface area contributed by atoms with Gasteiger partial charge in [0.15, 0.2) is 5.60 Å². The molecule has 0 bridgehead atoms. The third-order valence-electron chi connectivity index (χ3n) is 3.43. The fourth-order valence-electron chi connectivity index (χ4n) is 2.20. The second kappa shape index (κ2) is 5.64. The van der Waals surface area contributed by atoms with E-state index < -0.39 is 5.60 Å². The van der Waals surface area contributed by atoms with Gasteiger partial charge in [0, 0.05) is 11.4 Å². The average molecular weight is 311 g/mol. The highest BCUT2D eigenvalue weighted by Gasteiger charge is 2.35. The predicted octanol–water partition coefficient (Wildman–Crippen LogP) is 3.44. The van der Waals surface area contributed by atoms with E-state index in [1.165, 1.54) is 0 Å². The number of hydrogen-bond donors (Lipinski definition) is 3. The number of carbonyl (C=O) groups excluding carboxylic acids is 2. The van der Waals surface area contributed by atoms with Crippen LogP contribution in [0.1, 0.15) is 13.8 Å². The SMILES string of the molecule is CC1(C)Oc2ccc(NC(=O)Nc3ccccc3)cc2NC1=O. The van der Waals surface area contributed by atoms with E-state index >= 15 is 0 Å². The highest BCUT2D eigenvalue weighted by molar-refractivity contribution is 6.03. The number of rotatable bonds is 2. The predicted molar refractivity (Wildman–Crippen MR) is 88.9 cm³/mol. The molecule has 6 heteroatoms. The molecular formula is C17H17N3O3. The first-order chi connectivity index (χ1) is 10.9. The number of urea groups is 1. The fourth-order valence-corrected chi connectivity index (χ4v) is 2.20. The third-order valence-corrected chi connectivity index (χ3v) is 3.43. The van der Waals surface area contributed by atoms with Crippen LogP contribution in [0.4, 0.5) is 21.9 Å². The van der Waals surface area contributed by atoms with E-state index in [9.17, 15) is 9.59 Å². The van der Waals surface area contributed by atoms with E-state index in [4.69, 9.17) is 4.74 Å². The molecule has 1 heterocycles. The molecule has 0 unspecified atom stereocenters. The third kappa shape index (κ3) is 3.26. The summed E-state index contributed by atoms with van der Waals surface area (Å²) in [5.74, 6) is 0.347. The summed E-state index contributed by atoms with van der Waals surface area (Å²) in [6.45, 7) is 3.40. The van der Waals surface area contributed by atoms with Crippen molar-refractivity contribution in [2.45, 2.75) is 19.4 Å². The number of amides is 3. The summed E-state index contributed by atoms with van der Waals surface area (Å²) in [5, 5.41) is 8.22. The van der Waals surface area contributed by atoms with Crippen LogP contribution in [-0.2, 0) is 4.79 Å². The van der Waals surface area contributed by atoms with E-state index in [1.807, 2.05) is 18.2 Å². The molecule has 2 aromatic carbocycles. The van der Waals surface area contributed by atoms with Crippen molar-refractivity contribution < 1.29 is 14.3 Å². The molecule has 118 valence electrons. The van der Waals surface area contributed by atoms with Gasteiger partial charge in [-0.15, -0.1) is 0 Å². The van der Waals surface area contributed by atoms with Crippen LogP contribution in [0.3, 0.4) is 0 Å². The first kappa shape index (κ1) is 14.9. The van der Waals surface area contributed by atoms with Gasteiger partial charge in [-0.1, -0.05) is 18.2 Å². The summed E-state index contributed by atoms with van der Waals surface area (Å²) >= 11 is 0. The van der Waals surface area contributed by atoms with Crippen LogP contribution in [0.25, 0.3) is 0 Å². The minimum absolute atomic E-state index is 0.226. The molecule has 0 atom stereocenters. The van der Waals surface area contributed by atoms with Crippen molar-refractivity contribution in [3.8, 4) is 5.75 Å². The number of benzene rings is 2. The van der Waals surface area contributed by atoms with Crippen LogP contribution < -0.4 is 20.7 Å². The van der Waals surface area contributed by atoms with E-state index in [1.54, 1.807) is 44.2 Å². The highest BCUT2D eigenvalue weighted by atomic mass is 16.5. The van der Waals surface area contributed by atoms with Crippen molar-refractivity contribution in [2.75, 3.05) is 16.0 Å². The zero-order chi connectivity index (χ0) is 16.4. The van der Waals surface area contributed by atoms with E-state index in [0.717, 1.165) is 0 Å². The normalized spacial score (nSPS) is 15.0. The first-order valence-corrected chi connectivity index (χ1v) is 7.22. The molecule has 2 aromatic rings. The van der Waals surface area contributed by atoms with Gasteiger partial charge in [-0.2, -0.15) is 0 Å². The topological polar surface area (TPSA) is 79.5 Å². The number of nitrogens with one attached hydrogen (secondary N) is 3. The van der Waals surface area contributed by atoms with Gasteiger partial charge in [0.2, 0.25) is 0 Å². The van der Waals surface area contributed by atoms with Crippen LogP contribution in [0, 0.1) is 0 Å². The lowest BCUT2D eigenvalue weighted by atomic mass is 10.1. The zero-order valence-electron chi connectivity index (χ0n) is 12.8. The molecule has 0 fully saturated rings. The molecule has 1 aliphatic rings. The van der Waals surface area contributed by atoms with Crippen molar-refractivity contribution in [2.24, 2.45) is 0 Å². The van der Waals surface area contributed by atoms with Gasteiger partial charge < -0.3 is 20.7 Å². The summed E-state index contributed by atoms with van der Waals surface area (Å²) in [6, 6.07) is 13.9. The summed E-state index contributed by atoms with van der Waals surface area (Å²) in [6.07, 6.45) is 0. The molecule has 0 aliphatic carbocycles. The molecule has 1 aliphatic heterocycles. The Morgan fingerprint density at radius 3 is 2.48 bits per heavy atom. The molecule has 0 spiro atoms. The average Bonchev–Trinajstić information content (AvgIpc) is 2.49. The molecule has 0 aromatic heterocycles. The minimum atomic E-state index is -0.910. The van der Waals surface area contributed by atoms with E-state index in [-0.39, 0.29) is 11.9 Å². The Kier molecular flexibility index (Phi) is 3.65. The Morgan fingerprint density at radius 2 is 1.74 bits per heavy atom. The van der Waals surface area contributed by atoms with Crippen molar-refractivity contribution in [3.05, 3.63) is 48.5 Å². The summed E-state index contributed by atoms with van der Waals surface area (Å²) < 4.78 is 5.65. The van der Waals surface area contributed by atoms with Crippen LogP contribution in [0.2, 0.25) is 0 Å². The number of anilines is 3. The van der Waals surface area contributed by atoms with Gasteiger partial charge in [-0.25, -0.2) is 4.79 Å². The van der Waals surface area contributed by atoms with Gasteiger partial charge in [-0.05, 0) is 44.2 Å². The lowest BCUT2D eigenvalue weighted by Gasteiger charge is -2.31. The maximum Gasteiger partial charge on any atom is 0.323 e. The van der Waals surface area contributed by atoms with Crippen molar-refractivity contribution in [1.82, 2.24) is 0 Å². The molecule has 3 rings (SSSR count). The lowest BCUT2D eigenvalue weighted by Crippen LogP contribution is -2.45. The van der Waals surface area contributed by atoms with Gasteiger partial charge in [-0.3, -0.25) is 4.79 Å². The van der Waals surface area contributed by atoms with Crippen LogP contribution >= 0.6 is 0 Å². The van der Waals surface area contributed by atoms with Crippen LogP contribution in [0.5, 0.6) is 5.75 Å². The molecule has 3 amide bonds. The van der Waals surface area contributed by atoms with E-state index in [0.29, 0.717) is 22.8 Å². The smallest absolute Gasteiger partial charge is 0.323 e. The molecule has 23 heavy (non-hydrogen) atoms. The molecular weight excluding hydrogens is 294 g/mol. The van der Waals surface area contributed by atoms with Gasteiger partial charge in [0.1, 0.15) is 5.75 Å². The summed E-state index contributed by atoms with van der Waals surface area (Å²) in [4.78, 5) is 23.9. The largest absolute Gasteiger partial charge is 0.476 e. The summed E-state index contributed by atoms with van der Waals surface area (Å²) in [5.41, 5.74) is 0.876. The zero-order valence-corrected chi connectivity index (χ0v) is 12.8. The molecule has 3 N–H and O–H groups in total. The fraction of sp³-hybridized carbons (Fsp3) is 0.176. The molecule has 0 radical (unpaired) electrons. The summed E-state index contributed by atoms with van der Waals surface area (Å²) in [7, 11) is 0. The van der Waals surface area contributed by atoms with Gasteiger partial charge in [0.05, 0.1) is 5.69 Å². The van der Waals surface area contributed by atoms with Gasteiger partial charge in [0.25, 0.3) is 5.91 Å². The number of ether oxygens (including phenoxy) is 1. The Bertz CT molecular complexity index is 757. The second-order valence-corrected chi connectivity index (χ2v) is 5.72. The number of carbonyl (C=O) groups is 2.